The summed E-state index contributed by atoms with van der Waals surface area (Å²) in [6.45, 7) is 5.77. The largest absolute Gasteiger partial charge is 0.381 e. The molecular formula is C14H22O4S. The first-order valence-electron chi connectivity index (χ1n) is 6.54. The molecule has 0 aliphatic rings. The van der Waals surface area contributed by atoms with Gasteiger partial charge in [0, 0.05) is 13.2 Å². The van der Waals surface area contributed by atoms with Gasteiger partial charge in [0.15, 0.2) is 0 Å². The third kappa shape index (κ3) is 6.71. The van der Waals surface area contributed by atoms with E-state index in [1.54, 1.807) is 18.2 Å². The first-order valence-corrected chi connectivity index (χ1v) is 7.95. The molecule has 0 spiro atoms. The molecule has 108 valence electrons. The van der Waals surface area contributed by atoms with Crippen LogP contribution in [0, 0.1) is 5.92 Å². The zero-order valence-corrected chi connectivity index (χ0v) is 12.4. The van der Waals surface area contributed by atoms with Crippen molar-refractivity contribution in [1.29, 1.82) is 0 Å². The van der Waals surface area contributed by atoms with Crippen molar-refractivity contribution in [3.05, 3.63) is 30.3 Å². The molecule has 0 atom stereocenters. The van der Waals surface area contributed by atoms with Gasteiger partial charge in [0.05, 0.1) is 11.5 Å². The molecule has 1 aromatic carbocycles. The first kappa shape index (κ1) is 16.1. The van der Waals surface area contributed by atoms with Gasteiger partial charge in [-0.2, -0.15) is 8.42 Å². The molecule has 0 unspecified atom stereocenters. The van der Waals surface area contributed by atoms with Crippen molar-refractivity contribution in [2.45, 2.75) is 31.6 Å². The van der Waals surface area contributed by atoms with E-state index in [0.717, 1.165) is 13.0 Å². The Kier molecular flexibility index (Phi) is 7.05. The highest BCUT2D eigenvalue weighted by molar-refractivity contribution is 7.86. The van der Waals surface area contributed by atoms with Crippen LogP contribution < -0.4 is 0 Å². The molecule has 0 aliphatic carbocycles. The second kappa shape index (κ2) is 8.30. The van der Waals surface area contributed by atoms with Gasteiger partial charge in [0.2, 0.25) is 0 Å². The van der Waals surface area contributed by atoms with Crippen LogP contribution in [0.3, 0.4) is 0 Å². The predicted molar refractivity (Wildman–Crippen MR) is 74.5 cm³/mol. The summed E-state index contributed by atoms with van der Waals surface area (Å²) in [4.78, 5) is 0.200. The number of rotatable bonds is 9. The molecule has 0 amide bonds. The van der Waals surface area contributed by atoms with Crippen LogP contribution in [-0.4, -0.2) is 28.2 Å². The normalized spacial score (nSPS) is 11.9. The van der Waals surface area contributed by atoms with Gasteiger partial charge in [-0.05, 0) is 30.9 Å². The third-order valence-corrected chi connectivity index (χ3v) is 3.73. The van der Waals surface area contributed by atoms with Gasteiger partial charge in [-0.3, -0.25) is 4.18 Å². The summed E-state index contributed by atoms with van der Waals surface area (Å²) < 4.78 is 33.9. The predicted octanol–water partition coefficient (Wildman–Crippen LogP) is 2.84. The fourth-order valence-corrected chi connectivity index (χ4v) is 2.41. The summed E-state index contributed by atoms with van der Waals surface area (Å²) in [5, 5.41) is 0. The van der Waals surface area contributed by atoms with Crippen molar-refractivity contribution in [3.63, 3.8) is 0 Å². The lowest BCUT2D eigenvalue weighted by molar-refractivity contribution is 0.104. The molecule has 0 bridgehead atoms. The van der Waals surface area contributed by atoms with E-state index in [1.165, 1.54) is 12.1 Å². The summed E-state index contributed by atoms with van der Waals surface area (Å²) in [6, 6.07) is 8.18. The molecule has 5 heteroatoms. The Morgan fingerprint density at radius 1 is 1.05 bits per heavy atom. The van der Waals surface area contributed by atoms with Crippen molar-refractivity contribution in [2.24, 2.45) is 5.92 Å². The second-order valence-corrected chi connectivity index (χ2v) is 6.38. The van der Waals surface area contributed by atoms with Gasteiger partial charge in [-0.15, -0.1) is 0 Å². The molecule has 19 heavy (non-hydrogen) atoms. The Morgan fingerprint density at radius 2 is 1.68 bits per heavy atom. The third-order valence-electron chi connectivity index (χ3n) is 2.40. The van der Waals surface area contributed by atoms with Gasteiger partial charge in [-0.1, -0.05) is 32.0 Å². The van der Waals surface area contributed by atoms with Gasteiger partial charge < -0.3 is 4.74 Å². The minimum absolute atomic E-state index is 0.197. The highest BCUT2D eigenvalue weighted by Gasteiger charge is 2.13. The van der Waals surface area contributed by atoms with Crippen LogP contribution in [0.1, 0.15) is 26.7 Å². The van der Waals surface area contributed by atoms with E-state index in [-0.39, 0.29) is 11.5 Å². The summed E-state index contributed by atoms with van der Waals surface area (Å²) in [6.07, 6.45) is 1.47. The molecule has 0 N–H and O–H groups in total. The van der Waals surface area contributed by atoms with E-state index in [9.17, 15) is 8.42 Å². The van der Waals surface area contributed by atoms with E-state index in [4.69, 9.17) is 8.92 Å². The number of benzene rings is 1. The van der Waals surface area contributed by atoms with E-state index in [2.05, 4.69) is 13.8 Å². The lowest BCUT2D eigenvalue weighted by Crippen LogP contribution is -2.09. The Hall–Kier alpha value is -0.910. The van der Waals surface area contributed by atoms with Crippen LogP contribution in [0.15, 0.2) is 35.2 Å². The van der Waals surface area contributed by atoms with E-state index in [1.807, 2.05) is 0 Å². The summed E-state index contributed by atoms with van der Waals surface area (Å²) in [5.41, 5.74) is 0. The van der Waals surface area contributed by atoms with E-state index >= 15 is 0 Å². The molecule has 0 saturated carbocycles. The average molecular weight is 286 g/mol. The zero-order valence-electron chi connectivity index (χ0n) is 11.5. The standard InChI is InChI=1S/C14H22O4S/c1-13(2)12-17-10-6-7-11-18-19(15,16)14-8-4-3-5-9-14/h3-5,8-9,13H,6-7,10-12H2,1-2H3. The monoisotopic (exact) mass is 286 g/mol. The summed E-state index contributed by atoms with van der Waals surface area (Å²) in [7, 11) is -3.61. The molecule has 0 saturated heterocycles. The summed E-state index contributed by atoms with van der Waals surface area (Å²) in [5.74, 6) is 0.523. The van der Waals surface area contributed by atoms with Crippen LogP contribution in [0.2, 0.25) is 0 Å². The number of unbranched alkanes of at least 4 members (excludes halogenated alkanes) is 1. The maximum absolute atomic E-state index is 11.8. The fourth-order valence-electron chi connectivity index (χ4n) is 1.45. The van der Waals surface area contributed by atoms with E-state index < -0.39 is 10.1 Å². The van der Waals surface area contributed by atoms with Gasteiger partial charge in [-0.25, -0.2) is 0 Å². The highest BCUT2D eigenvalue weighted by Crippen LogP contribution is 2.11. The molecule has 4 nitrogen and oxygen atoms in total. The molecule has 1 rings (SSSR count). The van der Waals surface area contributed by atoms with Gasteiger partial charge in [0.25, 0.3) is 10.1 Å². The summed E-state index contributed by atoms with van der Waals surface area (Å²) >= 11 is 0. The fraction of sp³-hybridized carbons (Fsp3) is 0.571. The van der Waals surface area contributed by atoms with Crippen molar-refractivity contribution < 1.29 is 17.3 Å². The molecule has 0 aromatic heterocycles. The topological polar surface area (TPSA) is 52.6 Å². The van der Waals surface area contributed by atoms with Crippen LogP contribution >= 0.6 is 0 Å². The smallest absolute Gasteiger partial charge is 0.296 e. The Labute approximate surface area is 115 Å². The van der Waals surface area contributed by atoms with Gasteiger partial charge in [0.1, 0.15) is 0 Å². The first-order chi connectivity index (χ1) is 9.02. The zero-order chi connectivity index (χ0) is 14.1. The minimum Gasteiger partial charge on any atom is -0.381 e. The average Bonchev–Trinajstić information content (AvgIpc) is 2.38. The lowest BCUT2D eigenvalue weighted by Gasteiger charge is -2.07. The lowest BCUT2D eigenvalue weighted by atomic mass is 10.2. The quantitative estimate of drug-likeness (QED) is 0.517. The molecular weight excluding hydrogens is 264 g/mol. The van der Waals surface area contributed by atoms with Crippen LogP contribution in [0.5, 0.6) is 0 Å². The highest BCUT2D eigenvalue weighted by atomic mass is 32.2. The number of hydrogen-bond acceptors (Lipinski definition) is 4. The number of hydrogen-bond donors (Lipinski definition) is 0. The maximum atomic E-state index is 11.8. The van der Waals surface area contributed by atoms with Crippen LogP contribution in [0.25, 0.3) is 0 Å². The Bertz CT molecular complexity index is 440. The molecule has 1 aromatic rings. The second-order valence-electron chi connectivity index (χ2n) is 4.77. The Morgan fingerprint density at radius 3 is 2.32 bits per heavy atom. The van der Waals surface area contributed by atoms with E-state index in [0.29, 0.717) is 18.9 Å². The minimum atomic E-state index is -3.61. The van der Waals surface area contributed by atoms with Crippen molar-refractivity contribution in [3.8, 4) is 0 Å². The molecule has 0 heterocycles. The van der Waals surface area contributed by atoms with Crippen LogP contribution in [-0.2, 0) is 19.0 Å². The molecule has 0 aliphatic heterocycles. The van der Waals surface area contributed by atoms with Crippen LogP contribution in [0.4, 0.5) is 0 Å². The van der Waals surface area contributed by atoms with Gasteiger partial charge >= 0.3 is 0 Å². The van der Waals surface area contributed by atoms with Crippen molar-refractivity contribution >= 4 is 10.1 Å². The number of ether oxygens (including phenoxy) is 1. The Balaban J connectivity index is 2.19. The SMILES string of the molecule is CC(C)COCCCCOS(=O)(=O)c1ccccc1. The molecule has 0 radical (unpaired) electrons. The van der Waals surface area contributed by atoms with Crippen molar-refractivity contribution in [2.75, 3.05) is 19.8 Å². The molecule has 0 fully saturated rings. The maximum Gasteiger partial charge on any atom is 0.296 e. The van der Waals surface area contributed by atoms with Crippen molar-refractivity contribution in [1.82, 2.24) is 0 Å².